The van der Waals surface area contributed by atoms with Gasteiger partial charge in [-0.2, -0.15) is 0 Å². The molecule has 1 aliphatic rings. The fraction of sp³-hybridized carbons (Fsp3) is 0.400. The molecule has 1 unspecified atom stereocenters. The summed E-state index contributed by atoms with van der Waals surface area (Å²) in [6, 6.07) is 12.4. The lowest BCUT2D eigenvalue weighted by Crippen LogP contribution is -2.35. The summed E-state index contributed by atoms with van der Waals surface area (Å²) in [5, 5.41) is 2.87. The Morgan fingerprint density at radius 1 is 1.21 bits per heavy atom. The molecule has 1 fully saturated rings. The first-order valence-electron chi connectivity index (χ1n) is 8.77. The van der Waals surface area contributed by atoms with Gasteiger partial charge in [0.15, 0.2) is 0 Å². The minimum absolute atomic E-state index is 0.494. The number of amides is 1. The van der Waals surface area contributed by atoms with Gasteiger partial charge in [0.25, 0.3) is 0 Å². The summed E-state index contributed by atoms with van der Waals surface area (Å²) in [5.41, 5.74) is 3.49. The van der Waals surface area contributed by atoms with E-state index in [-0.39, 0.29) is 0 Å². The topological polar surface area (TPSA) is 45.2 Å². The number of carbonyl (C=O) groups excluding carboxylic acids is 1. The van der Waals surface area contributed by atoms with E-state index >= 15 is 0 Å². The molecule has 4 nitrogen and oxygen atoms in total. The van der Waals surface area contributed by atoms with Crippen LogP contribution in [0.5, 0.6) is 0 Å². The summed E-state index contributed by atoms with van der Waals surface area (Å²) in [6.07, 6.45) is 7.94. The number of hydrogen-bond donors (Lipinski definition) is 1. The van der Waals surface area contributed by atoms with Gasteiger partial charge < -0.3 is 10.2 Å². The maximum Gasteiger partial charge on any atom is 0.211 e. The van der Waals surface area contributed by atoms with Crippen molar-refractivity contribution in [3.8, 4) is 0 Å². The second kappa shape index (κ2) is 7.95. The highest BCUT2D eigenvalue weighted by atomic mass is 16.1. The van der Waals surface area contributed by atoms with Crippen LogP contribution in [-0.4, -0.2) is 24.5 Å². The molecule has 0 aliphatic carbocycles. The lowest BCUT2D eigenvalue weighted by atomic mass is 9.78. The molecule has 4 heteroatoms. The van der Waals surface area contributed by atoms with Crippen LogP contribution in [0.25, 0.3) is 0 Å². The molecule has 24 heavy (non-hydrogen) atoms. The second-order valence-electron chi connectivity index (χ2n) is 6.39. The Morgan fingerprint density at radius 3 is 2.58 bits per heavy atom. The number of piperidine rings is 1. The number of carbonyl (C=O) groups is 1. The van der Waals surface area contributed by atoms with Gasteiger partial charge in [0, 0.05) is 36.9 Å². The zero-order chi connectivity index (χ0) is 16.8. The molecule has 1 saturated heterocycles. The number of pyridine rings is 1. The van der Waals surface area contributed by atoms with Crippen molar-refractivity contribution in [2.45, 2.75) is 32.1 Å². The highest BCUT2D eigenvalue weighted by Gasteiger charge is 2.28. The standard InChI is InChI=1S/C20H25N3O/c1-2-18(19-5-3-4-6-20(19)22-15-24)16-9-13-23(14-10-16)17-7-11-21-12-8-17/h3-8,11-12,15-16,18H,2,9-10,13-14H2,1H3,(H,22,24). The van der Waals surface area contributed by atoms with Crippen molar-refractivity contribution in [1.29, 1.82) is 0 Å². The van der Waals surface area contributed by atoms with Gasteiger partial charge in [0.05, 0.1) is 0 Å². The summed E-state index contributed by atoms with van der Waals surface area (Å²) in [7, 11) is 0. The average molecular weight is 323 g/mol. The summed E-state index contributed by atoms with van der Waals surface area (Å²) in [4.78, 5) is 17.4. The Labute approximate surface area is 143 Å². The largest absolute Gasteiger partial charge is 0.371 e. The molecule has 1 aliphatic heterocycles. The van der Waals surface area contributed by atoms with E-state index in [0.29, 0.717) is 11.8 Å². The van der Waals surface area contributed by atoms with Crippen LogP contribution in [0.15, 0.2) is 48.8 Å². The minimum atomic E-state index is 0.494. The highest BCUT2D eigenvalue weighted by molar-refractivity contribution is 5.73. The molecule has 2 aromatic rings. The van der Waals surface area contributed by atoms with E-state index in [1.807, 2.05) is 24.5 Å². The van der Waals surface area contributed by atoms with Crippen molar-refractivity contribution in [2.75, 3.05) is 23.3 Å². The Morgan fingerprint density at radius 2 is 1.92 bits per heavy atom. The Kier molecular flexibility index (Phi) is 5.47. The first kappa shape index (κ1) is 16.5. The average Bonchev–Trinajstić information content (AvgIpc) is 2.65. The van der Waals surface area contributed by atoms with E-state index in [0.717, 1.165) is 31.6 Å². The number of nitrogens with one attached hydrogen (secondary N) is 1. The Hall–Kier alpha value is -2.36. The number of hydrogen-bond acceptors (Lipinski definition) is 3. The third-order valence-electron chi connectivity index (χ3n) is 5.15. The molecule has 1 atom stereocenters. The van der Waals surface area contributed by atoms with Crippen molar-refractivity contribution in [3.63, 3.8) is 0 Å². The van der Waals surface area contributed by atoms with Gasteiger partial charge in [0.1, 0.15) is 0 Å². The Bertz CT molecular complexity index is 651. The zero-order valence-corrected chi connectivity index (χ0v) is 14.2. The normalized spacial score (nSPS) is 16.6. The van der Waals surface area contributed by atoms with Crippen molar-refractivity contribution in [1.82, 2.24) is 4.98 Å². The van der Waals surface area contributed by atoms with E-state index in [9.17, 15) is 4.79 Å². The molecule has 1 N–H and O–H groups in total. The van der Waals surface area contributed by atoms with E-state index in [4.69, 9.17) is 0 Å². The number of anilines is 2. The summed E-state index contributed by atoms with van der Waals surface area (Å²) in [5.74, 6) is 1.15. The molecule has 0 saturated carbocycles. The van der Waals surface area contributed by atoms with E-state index in [1.165, 1.54) is 24.1 Å². The predicted octanol–water partition coefficient (Wildman–Crippen LogP) is 4.06. The number of nitrogens with zero attached hydrogens (tertiary/aromatic N) is 2. The third kappa shape index (κ3) is 3.58. The van der Waals surface area contributed by atoms with Crippen molar-refractivity contribution >= 4 is 17.8 Å². The maximum absolute atomic E-state index is 10.9. The summed E-state index contributed by atoms with van der Waals surface area (Å²) in [6.45, 7) is 4.40. The lowest BCUT2D eigenvalue weighted by Gasteiger charge is -2.37. The number of para-hydroxylation sites is 1. The van der Waals surface area contributed by atoms with Crippen molar-refractivity contribution in [3.05, 3.63) is 54.4 Å². The first-order valence-corrected chi connectivity index (χ1v) is 8.77. The fourth-order valence-electron chi connectivity index (χ4n) is 3.94. The Balaban J connectivity index is 1.71. The second-order valence-corrected chi connectivity index (χ2v) is 6.39. The number of rotatable bonds is 6. The summed E-state index contributed by atoms with van der Waals surface area (Å²) < 4.78 is 0. The maximum atomic E-state index is 10.9. The van der Waals surface area contributed by atoms with Gasteiger partial charge in [-0.15, -0.1) is 0 Å². The molecule has 1 aromatic carbocycles. The van der Waals surface area contributed by atoms with Gasteiger partial charge >= 0.3 is 0 Å². The molecule has 2 heterocycles. The predicted molar refractivity (Wildman–Crippen MR) is 98.3 cm³/mol. The van der Waals surface area contributed by atoms with Gasteiger partial charge in [-0.05, 0) is 54.9 Å². The molecule has 126 valence electrons. The van der Waals surface area contributed by atoms with Crippen molar-refractivity contribution < 1.29 is 4.79 Å². The van der Waals surface area contributed by atoms with Crippen LogP contribution < -0.4 is 10.2 Å². The summed E-state index contributed by atoms with van der Waals surface area (Å²) >= 11 is 0. The monoisotopic (exact) mass is 323 g/mol. The van der Waals surface area contributed by atoms with Gasteiger partial charge in [-0.1, -0.05) is 25.1 Å². The van der Waals surface area contributed by atoms with E-state index in [2.05, 4.69) is 46.4 Å². The van der Waals surface area contributed by atoms with Crippen LogP contribution in [0, 0.1) is 5.92 Å². The molecule has 0 spiro atoms. The van der Waals surface area contributed by atoms with Crippen LogP contribution in [0.1, 0.15) is 37.7 Å². The highest BCUT2D eigenvalue weighted by Crippen LogP contribution is 2.38. The lowest BCUT2D eigenvalue weighted by molar-refractivity contribution is -0.105. The first-order chi connectivity index (χ1) is 11.8. The van der Waals surface area contributed by atoms with Crippen LogP contribution in [-0.2, 0) is 4.79 Å². The molecule has 1 aromatic heterocycles. The van der Waals surface area contributed by atoms with E-state index < -0.39 is 0 Å². The quantitative estimate of drug-likeness (QED) is 0.815. The third-order valence-corrected chi connectivity index (χ3v) is 5.15. The van der Waals surface area contributed by atoms with Crippen LogP contribution >= 0.6 is 0 Å². The molecule has 0 radical (unpaired) electrons. The SMILES string of the molecule is CCC(c1ccccc1NC=O)C1CCN(c2ccncc2)CC1. The number of aromatic nitrogens is 1. The van der Waals surface area contributed by atoms with Crippen LogP contribution in [0.3, 0.4) is 0 Å². The van der Waals surface area contributed by atoms with Gasteiger partial charge in [0.2, 0.25) is 6.41 Å². The molecule has 0 bridgehead atoms. The van der Waals surface area contributed by atoms with Crippen molar-refractivity contribution in [2.24, 2.45) is 5.92 Å². The molecular weight excluding hydrogens is 298 g/mol. The number of benzene rings is 1. The minimum Gasteiger partial charge on any atom is -0.371 e. The smallest absolute Gasteiger partial charge is 0.211 e. The van der Waals surface area contributed by atoms with Gasteiger partial charge in [-0.3, -0.25) is 9.78 Å². The zero-order valence-electron chi connectivity index (χ0n) is 14.2. The fourth-order valence-corrected chi connectivity index (χ4v) is 3.94. The van der Waals surface area contributed by atoms with Gasteiger partial charge in [-0.25, -0.2) is 0 Å². The molecule has 3 rings (SSSR count). The molecular formula is C20H25N3O. The van der Waals surface area contributed by atoms with E-state index in [1.54, 1.807) is 0 Å². The molecule has 1 amide bonds. The van der Waals surface area contributed by atoms with Crippen LogP contribution in [0.4, 0.5) is 11.4 Å². The van der Waals surface area contributed by atoms with Crippen LogP contribution in [0.2, 0.25) is 0 Å².